The molecule has 0 aromatic heterocycles. The van der Waals surface area contributed by atoms with Crippen LogP contribution in [0.4, 0.5) is 0 Å². The van der Waals surface area contributed by atoms with Gasteiger partial charge in [-0.15, -0.1) is 0 Å². The third-order valence-corrected chi connectivity index (χ3v) is 6.63. The minimum Gasteiger partial charge on any atom is -0.490 e. The number of hydrogen-bond acceptors (Lipinski definition) is 4. The molecule has 1 aromatic rings. The number of nitrogens with one attached hydrogen (secondary N) is 2. The largest absolute Gasteiger partial charge is 0.490 e. The van der Waals surface area contributed by atoms with Crippen molar-refractivity contribution in [3.05, 3.63) is 23.8 Å². The summed E-state index contributed by atoms with van der Waals surface area (Å²) in [6, 6.07) is 6.12. The maximum Gasteiger partial charge on any atom is 0.219 e. The van der Waals surface area contributed by atoms with Crippen molar-refractivity contribution < 1.29 is 19.1 Å². The lowest BCUT2D eigenvalue weighted by atomic mass is 9.87. The molecule has 38 heavy (non-hydrogen) atoms. The second kappa shape index (κ2) is 20.7. The Morgan fingerprint density at radius 2 is 1.13 bits per heavy atom. The van der Waals surface area contributed by atoms with Crippen molar-refractivity contribution in [2.24, 2.45) is 0 Å². The molecule has 0 saturated carbocycles. The van der Waals surface area contributed by atoms with Crippen LogP contribution in [0.3, 0.4) is 0 Å². The van der Waals surface area contributed by atoms with Crippen LogP contribution in [0.1, 0.15) is 130 Å². The van der Waals surface area contributed by atoms with Gasteiger partial charge >= 0.3 is 0 Å². The van der Waals surface area contributed by atoms with Gasteiger partial charge in [-0.25, -0.2) is 0 Å². The summed E-state index contributed by atoms with van der Waals surface area (Å²) in [6.45, 7) is 13.2. The molecule has 0 spiro atoms. The molecule has 0 radical (unpaired) electrons. The van der Waals surface area contributed by atoms with Crippen molar-refractivity contribution in [2.75, 3.05) is 26.3 Å². The van der Waals surface area contributed by atoms with Crippen molar-refractivity contribution in [3.8, 4) is 11.5 Å². The molecule has 0 aliphatic heterocycles. The van der Waals surface area contributed by atoms with Crippen molar-refractivity contribution in [1.29, 1.82) is 0 Å². The van der Waals surface area contributed by atoms with Crippen LogP contribution >= 0.6 is 0 Å². The fraction of sp³-hybridized carbons (Fsp3) is 0.750. The number of unbranched alkanes of at least 4 members (excludes halogenated alkanes) is 8. The Bertz CT molecular complexity index is 773. The Morgan fingerprint density at radius 3 is 1.61 bits per heavy atom. The van der Waals surface area contributed by atoms with Gasteiger partial charge in [-0.05, 0) is 48.8 Å². The highest BCUT2D eigenvalue weighted by atomic mass is 16.5. The fourth-order valence-corrected chi connectivity index (χ4v) is 4.13. The molecule has 0 bridgehead atoms. The number of rotatable bonds is 22. The van der Waals surface area contributed by atoms with Crippen LogP contribution in [-0.2, 0) is 15.0 Å². The maximum absolute atomic E-state index is 12.0. The lowest BCUT2D eigenvalue weighted by Gasteiger charge is -2.21. The number of hydrogen-bond donors (Lipinski definition) is 2. The van der Waals surface area contributed by atoms with Crippen LogP contribution in [0.25, 0.3) is 0 Å². The van der Waals surface area contributed by atoms with Gasteiger partial charge < -0.3 is 20.1 Å². The van der Waals surface area contributed by atoms with Crippen LogP contribution < -0.4 is 20.1 Å². The van der Waals surface area contributed by atoms with E-state index in [0.717, 1.165) is 50.0 Å². The fourth-order valence-electron chi connectivity index (χ4n) is 4.13. The van der Waals surface area contributed by atoms with Crippen LogP contribution in [0, 0.1) is 0 Å². The smallest absolute Gasteiger partial charge is 0.219 e. The molecule has 218 valence electrons. The SMILES string of the molecule is CCCCCCCC(=O)NCCCOc1ccc(C(C)(C)C)cc1OCCCNC(=O)CCCCCCC. The molecule has 1 aromatic carbocycles. The van der Waals surface area contributed by atoms with Gasteiger partial charge in [0, 0.05) is 25.9 Å². The van der Waals surface area contributed by atoms with E-state index in [1.54, 1.807) is 0 Å². The molecule has 2 N–H and O–H groups in total. The number of benzene rings is 1. The second-order valence-electron chi connectivity index (χ2n) is 11.3. The average Bonchev–Trinajstić information content (AvgIpc) is 2.88. The normalized spacial score (nSPS) is 11.3. The molecule has 0 heterocycles. The predicted octanol–water partition coefficient (Wildman–Crippen LogP) is 7.48. The van der Waals surface area contributed by atoms with E-state index >= 15 is 0 Å². The van der Waals surface area contributed by atoms with E-state index in [1.807, 2.05) is 6.07 Å². The van der Waals surface area contributed by atoms with Crippen molar-refractivity contribution in [2.45, 2.75) is 130 Å². The Hall–Kier alpha value is -2.24. The monoisotopic (exact) mass is 532 g/mol. The number of carbonyl (C=O) groups excluding carboxylic acids is 2. The molecule has 6 heteroatoms. The van der Waals surface area contributed by atoms with Crippen LogP contribution in [0.15, 0.2) is 18.2 Å². The average molecular weight is 533 g/mol. The molecule has 2 amide bonds. The van der Waals surface area contributed by atoms with Crippen LogP contribution in [0.2, 0.25) is 0 Å². The topological polar surface area (TPSA) is 76.7 Å². The molecule has 0 fully saturated rings. The molecular formula is C32H56N2O4. The van der Waals surface area contributed by atoms with E-state index in [2.05, 4.69) is 57.4 Å². The molecule has 0 atom stereocenters. The Balaban J connectivity index is 2.39. The minimum absolute atomic E-state index is 0.00254. The van der Waals surface area contributed by atoms with E-state index in [4.69, 9.17) is 9.47 Å². The summed E-state index contributed by atoms with van der Waals surface area (Å²) >= 11 is 0. The van der Waals surface area contributed by atoms with Gasteiger partial charge in [0.2, 0.25) is 11.8 Å². The summed E-state index contributed by atoms with van der Waals surface area (Å²) in [4.78, 5) is 24.0. The first-order chi connectivity index (χ1) is 18.3. The molecule has 0 aliphatic rings. The van der Waals surface area contributed by atoms with Gasteiger partial charge in [-0.3, -0.25) is 9.59 Å². The van der Waals surface area contributed by atoms with E-state index in [-0.39, 0.29) is 17.2 Å². The molecule has 0 aliphatic carbocycles. The standard InChI is InChI=1S/C32H56N2O4/c1-6-8-10-12-14-18-30(35)33-22-16-24-37-28-21-20-27(32(3,4)5)26-29(28)38-25-17-23-34-31(36)19-15-13-11-9-7-2/h20-21,26H,6-19,22-25H2,1-5H3,(H,33,35)(H,34,36). The summed E-state index contributed by atoms with van der Waals surface area (Å²) < 4.78 is 12.1. The van der Waals surface area contributed by atoms with Crippen molar-refractivity contribution in [3.63, 3.8) is 0 Å². The molecular weight excluding hydrogens is 476 g/mol. The quantitative estimate of drug-likeness (QED) is 0.152. The highest BCUT2D eigenvalue weighted by molar-refractivity contribution is 5.76. The van der Waals surface area contributed by atoms with Crippen molar-refractivity contribution >= 4 is 11.8 Å². The zero-order valence-corrected chi connectivity index (χ0v) is 25.1. The van der Waals surface area contributed by atoms with Gasteiger partial charge in [0.1, 0.15) is 0 Å². The summed E-state index contributed by atoms with van der Waals surface area (Å²) in [5.74, 6) is 1.71. The van der Waals surface area contributed by atoms with Gasteiger partial charge in [0.25, 0.3) is 0 Å². The van der Waals surface area contributed by atoms with E-state index in [0.29, 0.717) is 39.1 Å². The zero-order valence-electron chi connectivity index (χ0n) is 25.1. The van der Waals surface area contributed by atoms with E-state index in [1.165, 1.54) is 44.1 Å². The molecule has 6 nitrogen and oxygen atoms in total. The van der Waals surface area contributed by atoms with E-state index in [9.17, 15) is 9.59 Å². The summed E-state index contributed by atoms with van der Waals surface area (Å²) in [5, 5.41) is 6.00. The highest BCUT2D eigenvalue weighted by Gasteiger charge is 2.17. The third kappa shape index (κ3) is 16.6. The molecule has 0 saturated heterocycles. The van der Waals surface area contributed by atoms with Gasteiger partial charge in [0.05, 0.1) is 13.2 Å². The van der Waals surface area contributed by atoms with Crippen LogP contribution in [-0.4, -0.2) is 38.1 Å². The first kappa shape index (κ1) is 33.8. The molecule has 1 rings (SSSR count). The van der Waals surface area contributed by atoms with Crippen molar-refractivity contribution in [1.82, 2.24) is 10.6 Å². The van der Waals surface area contributed by atoms with Gasteiger partial charge in [0.15, 0.2) is 11.5 Å². The number of ether oxygens (including phenoxy) is 2. The first-order valence-electron chi connectivity index (χ1n) is 15.2. The minimum atomic E-state index is 0.00254. The maximum atomic E-state index is 12.0. The lowest BCUT2D eigenvalue weighted by Crippen LogP contribution is -2.25. The number of carbonyl (C=O) groups is 2. The van der Waals surface area contributed by atoms with Gasteiger partial charge in [-0.1, -0.05) is 92.1 Å². The number of amides is 2. The lowest BCUT2D eigenvalue weighted by molar-refractivity contribution is -0.122. The Kier molecular flexibility index (Phi) is 18.4. The summed E-state index contributed by atoms with van der Waals surface area (Å²) in [6.07, 6.45) is 14.2. The zero-order chi connectivity index (χ0) is 28.1. The van der Waals surface area contributed by atoms with E-state index < -0.39 is 0 Å². The Morgan fingerprint density at radius 1 is 0.658 bits per heavy atom. The summed E-state index contributed by atoms with van der Waals surface area (Å²) in [7, 11) is 0. The predicted molar refractivity (Wildman–Crippen MR) is 158 cm³/mol. The Labute approximate surface area is 233 Å². The molecule has 0 unspecified atom stereocenters. The third-order valence-electron chi connectivity index (χ3n) is 6.63. The second-order valence-corrected chi connectivity index (χ2v) is 11.3. The van der Waals surface area contributed by atoms with Crippen LogP contribution in [0.5, 0.6) is 11.5 Å². The summed E-state index contributed by atoms with van der Waals surface area (Å²) in [5.41, 5.74) is 1.19. The highest BCUT2D eigenvalue weighted by Crippen LogP contribution is 2.33. The first-order valence-corrected chi connectivity index (χ1v) is 15.2. The van der Waals surface area contributed by atoms with Gasteiger partial charge in [-0.2, -0.15) is 0 Å².